The van der Waals surface area contributed by atoms with Gasteiger partial charge in [-0.2, -0.15) is 0 Å². The molecule has 1 aromatic heterocycles. The molecule has 1 amide bonds. The number of hydrogen-bond donors (Lipinski definition) is 2. The van der Waals surface area contributed by atoms with E-state index in [9.17, 15) is 9.59 Å². The number of hydrogen-bond acceptors (Lipinski definition) is 3. The molecule has 0 spiro atoms. The number of hydrazine groups is 1. The van der Waals surface area contributed by atoms with Crippen molar-refractivity contribution >= 4 is 5.91 Å². The van der Waals surface area contributed by atoms with Crippen molar-refractivity contribution < 1.29 is 4.79 Å². The van der Waals surface area contributed by atoms with Crippen molar-refractivity contribution in [3.05, 3.63) is 57.9 Å². The van der Waals surface area contributed by atoms with Gasteiger partial charge >= 0.3 is 0 Å². The van der Waals surface area contributed by atoms with E-state index in [0.717, 1.165) is 11.3 Å². The average Bonchev–Trinajstić information content (AvgIpc) is 2.53. The lowest BCUT2D eigenvalue weighted by Crippen LogP contribution is -2.36. The Hall–Kier alpha value is -2.40. The second-order valence-electron chi connectivity index (χ2n) is 5.43. The Morgan fingerprint density at radius 2 is 1.82 bits per heavy atom. The Labute approximate surface area is 129 Å². The van der Waals surface area contributed by atoms with Crippen molar-refractivity contribution in [2.24, 2.45) is 5.84 Å². The van der Waals surface area contributed by atoms with Crippen LogP contribution in [-0.4, -0.2) is 10.5 Å². The van der Waals surface area contributed by atoms with Crippen LogP contribution in [0.5, 0.6) is 0 Å². The molecular weight excluding hydrogens is 278 g/mol. The van der Waals surface area contributed by atoms with Crippen LogP contribution in [-0.2, 0) is 6.54 Å². The standard InChI is InChI=1S/C17H21N3O2/c1-4-20-15(10-9-14(17(20)22)16(21)19-18)13-7-5-12(6-8-13)11(2)3/h5-11H,4,18H2,1-3H3,(H,19,21). The third kappa shape index (κ3) is 2.94. The van der Waals surface area contributed by atoms with Crippen molar-refractivity contribution in [2.75, 3.05) is 0 Å². The van der Waals surface area contributed by atoms with E-state index in [2.05, 4.69) is 26.0 Å². The number of carbonyl (C=O) groups is 1. The Morgan fingerprint density at radius 1 is 1.18 bits per heavy atom. The van der Waals surface area contributed by atoms with Crippen LogP contribution in [0.4, 0.5) is 0 Å². The number of rotatable bonds is 4. The first-order valence-corrected chi connectivity index (χ1v) is 7.34. The predicted octanol–water partition coefficient (Wildman–Crippen LogP) is 2.26. The van der Waals surface area contributed by atoms with E-state index in [-0.39, 0.29) is 11.1 Å². The van der Waals surface area contributed by atoms with Crippen molar-refractivity contribution in [2.45, 2.75) is 33.2 Å². The van der Waals surface area contributed by atoms with Gasteiger partial charge < -0.3 is 4.57 Å². The maximum atomic E-state index is 12.4. The van der Waals surface area contributed by atoms with Crippen LogP contribution in [0.15, 0.2) is 41.2 Å². The zero-order valence-corrected chi connectivity index (χ0v) is 13.1. The molecule has 5 nitrogen and oxygen atoms in total. The van der Waals surface area contributed by atoms with Gasteiger partial charge in [0.25, 0.3) is 11.5 Å². The van der Waals surface area contributed by atoms with Crippen LogP contribution in [0, 0.1) is 0 Å². The highest BCUT2D eigenvalue weighted by atomic mass is 16.2. The van der Waals surface area contributed by atoms with Gasteiger partial charge in [-0.1, -0.05) is 38.1 Å². The number of nitrogens with zero attached hydrogens (tertiary/aromatic N) is 1. The predicted molar refractivity (Wildman–Crippen MR) is 87.6 cm³/mol. The van der Waals surface area contributed by atoms with Gasteiger partial charge in [0, 0.05) is 6.54 Å². The molecule has 2 aromatic rings. The molecule has 3 N–H and O–H groups in total. The normalized spacial score (nSPS) is 10.8. The van der Waals surface area contributed by atoms with Gasteiger partial charge in [-0.05, 0) is 36.1 Å². The lowest BCUT2D eigenvalue weighted by atomic mass is 10.0. The monoisotopic (exact) mass is 299 g/mol. The minimum Gasteiger partial charge on any atom is -0.308 e. The second-order valence-corrected chi connectivity index (χ2v) is 5.43. The number of benzene rings is 1. The van der Waals surface area contributed by atoms with E-state index in [1.165, 1.54) is 11.6 Å². The molecule has 116 valence electrons. The largest absolute Gasteiger partial charge is 0.308 e. The van der Waals surface area contributed by atoms with Crippen LogP contribution in [0.3, 0.4) is 0 Å². The molecule has 5 heteroatoms. The molecule has 1 heterocycles. The number of carbonyl (C=O) groups excluding carboxylic acids is 1. The van der Waals surface area contributed by atoms with Crippen molar-refractivity contribution in [3.8, 4) is 11.3 Å². The summed E-state index contributed by atoms with van der Waals surface area (Å²) in [5.74, 6) is 4.99. The Balaban J connectivity index is 2.54. The van der Waals surface area contributed by atoms with E-state index >= 15 is 0 Å². The van der Waals surface area contributed by atoms with E-state index < -0.39 is 5.91 Å². The zero-order valence-electron chi connectivity index (χ0n) is 13.1. The van der Waals surface area contributed by atoms with Crippen LogP contribution < -0.4 is 16.8 Å². The minimum absolute atomic E-state index is 0.0481. The summed E-state index contributed by atoms with van der Waals surface area (Å²) in [5, 5.41) is 0. The van der Waals surface area contributed by atoms with Crippen molar-refractivity contribution in [1.29, 1.82) is 0 Å². The van der Waals surface area contributed by atoms with Crippen molar-refractivity contribution in [1.82, 2.24) is 9.99 Å². The molecule has 0 aliphatic heterocycles. The summed E-state index contributed by atoms with van der Waals surface area (Å²) in [4.78, 5) is 24.0. The second kappa shape index (κ2) is 6.58. The third-order valence-corrected chi connectivity index (χ3v) is 3.74. The number of nitrogens with one attached hydrogen (secondary N) is 1. The van der Waals surface area contributed by atoms with Crippen LogP contribution in [0.1, 0.15) is 42.6 Å². The summed E-state index contributed by atoms with van der Waals surface area (Å²) in [6.45, 7) is 6.62. The highest BCUT2D eigenvalue weighted by molar-refractivity contribution is 5.93. The lowest BCUT2D eigenvalue weighted by Gasteiger charge is -2.13. The van der Waals surface area contributed by atoms with E-state index in [4.69, 9.17) is 5.84 Å². The molecule has 0 saturated carbocycles. The molecule has 1 aromatic carbocycles. The molecule has 0 saturated heterocycles. The SMILES string of the molecule is CCn1c(-c2ccc(C(C)C)cc2)ccc(C(=O)NN)c1=O. The molecule has 0 bridgehead atoms. The Kier molecular flexibility index (Phi) is 4.78. The highest BCUT2D eigenvalue weighted by Crippen LogP contribution is 2.22. The van der Waals surface area contributed by atoms with Crippen LogP contribution in [0.2, 0.25) is 0 Å². The molecule has 0 aliphatic rings. The van der Waals surface area contributed by atoms with Gasteiger partial charge in [0.05, 0.1) is 5.69 Å². The van der Waals surface area contributed by atoms with Gasteiger partial charge in [0.1, 0.15) is 5.56 Å². The molecule has 0 unspecified atom stereocenters. The summed E-state index contributed by atoms with van der Waals surface area (Å²) in [7, 11) is 0. The van der Waals surface area contributed by atoms with Gasteiger partial charge in [-0.3, -0.25) is 15.0 Å². The third-order valence-electron chi connectivity index (χ3n) is 3.74. The topological polar surface area (TPSA) is 77.1 Å². The lowest BCUT2D eigenvalue weighted by molar-refractivity contribution is 0.0951. The molecule has 0 fully saturated rings. The number of nitrogens with two attached hydrogens (primary N) is 1. The fraction of sp³-hybridized carbons (Fsp3) is 0.294. The van der Waals surface area contributed by atoms with Gasteiger partial charge in [-0.15, -0.1) is 0 Å². The fourth-order valence-corrected chi connectivity index (χ4v) is 2.43. The Bertz CT molecular complexity index is 731. The quantitative estimate of drug-likeness (QED) is 0.516. The number of nitrogen functional groups attached to an aromatic ring is 1. The first kappa shape index (κ1) is 16.0. The molecular formula is C17H21N3O2. The summed E-state index contributed by atoms with van der Waals surface area (Å²) in [6.07, 6.45) is 0. The fourth-order valence-electron chi connectivity index (χ4n) is 2.43. The maximum Gasteiger partial charge on any atom is 0.270 e. The smallest absolute Gasteiger partial charge is 0.270 e. The van der Waals surface area contributed by atoms with E-state index in [1.54, 1.807) is 10.6 Å². The molecule has 0 atom stereocenters. The van der Waals surface area contributed by atoms with Gasteiger partial charge in [0.15, 0.2) is 0 Å². The van der Waals surface area contributed by atoms with Crippen LogP contribution in [0.25, 0.3) is 11.3 Å². The number of aromatic nitrogens is 1. The summed E-state index contributed by atoms with van der Waals surface area (Å²) < 4.78 is 1.58. The summed E-state index contributed by atoms with van der Waals surface area (Å²) >= 11 is 0. The first-order chi connectivity index (χ1) is 10.5. The van der Waals surface area contributed by atoms with Gasteiger partial charge in [0.2, 0.25) is 0 Å². The van der Waals surface area contributed by atoms with Crippen LogP contribution >= 0.6 is 0 Å². The first-order valence-electron chi connectivity index (χ1n) is 7.34. The summed E-state index contributed by atoms with van der Waals surface area (Å²) in [6, 6.07) is 11.4. The van der Waals surface area contributed by atoms with Crippen molar-refractivity contribution in [3.63, 3.8) is 0 Å². The Morgan fingerprint density at radius 3 is 2.32 bits per heavy atom. The molecule has 2 rings (SSSR count). The molecule has 22 heavy (non-hydrogen) atoms. The van der Waals surface area contributed by atoms with Gasteiger partial charge in [-0.25, -0.2) is 5.84 Å². The maximum absolute atomic E-state index is 12.4. The van der Waals surface area contributed by atoms with E-state index in [0.29, 0.717) is 12.5 Å². The minimum atomic E-state index is -0.575. The number of amides is 1. The highest BCUT2D eigenvalue weighted by Gasteiger charge is 2.14. The number of pyridine rings is 1. The zero-order chi connectivity index (χ0) is 16.3. The molecule has 0 aliphatic carbocycles. The summed E-state index contributed by atoms with van der Waals surface area (Å²) in [5.41, 5.74) is 4.69. The van der Waals surface area contributed by atoms with E-state index in [1.807, 2.05) is 24.5 Å². The molecule has 0 radical (unpaired) electrons. The average molecular weight is 299 g/mol.